The minimum Gasteiger partial charge on any atom is -0.353 e. The van der Waals surface area contributed by atoms with Gasteiger partial charge in [-0.2, -0.15) is 0 Å². The second kappa shape index (κ2) is 12.0. The van der Waals surface area contributed by atoms with Gasteiger partial charge >= 0.3 is 0 Å². The zero-order valence-corrected chi connectivity index (χ0v) is 28.4. The van der Waals surface area contributed by atoms with E-state index in [1.54, 1.807) is 0 Å². The van der Waals surface area contributed by atoms with Crippen molar-refractivity contribution in [2.24, 2.45) is 0 Å². The van der Waals surface area contributed by atoms with E-state index >= 15 is 0 Å². The molecule has 0 fully saturated rings. The number of rotatable bonds is 5. The summed E-state index contributed by atoms with van der Waals surface area (Å²) in [4.78, 5) is 14.9. The Kier molecular flexibility index (Phi) is 7.17. The molecule has 9 rings (SSSR count). The molecule has 0 radical (unpaired) electrons. The monoisotopic (exact) mass is 644 g/mol. The van der Waals surface area contributed by atoms with Crippen molar-refractivity contribution in [3.8, 4) is 56.2 Å². The fourth-order valence-electron chi connectivity index (χ4n) is 7.40. The summed E-state index contributed by atoms with van der Waals surface area (Å²) in [6.07, 6.45) is 0.313. The van der Waals surface area contributed by atoms with E-state index < -0.39 is 0 Å². The highest BCUT2D eigenvalue weighted by molar-refractivity contribution is 6.08. The molecule has 4 heteroatoms. The molecule has 2 heterocycles. The van der Waals surface area contributed by atoms with Crippen LogP contribution in [0, 0.1) is 0 Å². The molecule has 0 saturated heterocycles. The first-order chi connectivity index (χ1) is 24.5. The van der Waals surface area contributed by atoms with Crippen LogP contribution in [0.25, 0.3) is 77.7 Å². The zero-order chi connectivity index (χ0) is 33.8. The molecule has 0 bridgehead atoms. The standard InChI is InChI=1S/C46H36N4/c1-30-49(2)44-23-22-33(28-45(44)50(30)3)36-24-34-18-10-12-20-38(34)40(26-36)41-27-37(25-35-19-11-13-21-39(35)41)43-29-42(31-14-6-4-7-15-31)47-46(48-43)32-16-8-5-9-17-32/h4-30H,1-3H3. The molecule has 0 aliphatic carbocycles. The average molecular weight is 645 g/mol. The third-order valence-electron chi connectivity index (χ3n) is 10.3. The van der Waals surface area contributed by atoms with Crippen LogP contribution in [0.1, 0.15) is 6.92 Å². The van der Waals surface area contributed by atoms with Crippen molar-refractivity contribution in [2.45, 2.75) is 13.1 Å². The van der Waals surface area contributed by atoms with Crippen molar-refractivity contribution in [3.05, 3.63) is 158 Å². The van der Waals surface area contributed by atoms with Crippen molar-refractivity contribution in [1.29, 1.82) is 0 Å². The third-order valence-corrected chi connectivity index (χ3v) is 10.3. The fraction of sp³-hybridized carbons (Fsp3) is 0.0870. The maximum absolute atomic E-state index is 5.20. The molecule has 0 N–H and O–H groups in total. The summed E-state index contributed by atoms with van der Waals surface area (Å²) in [6.45, 7) is 2.25. The lowest BCUT2D eigenvalue weighted by Gasteiger charge is -2.23. The molecule has 8 aromatic rings. The maximum atomic E-state index is 5.20. The lowest BCUT2D eigenvalue weighted by atomic mass is 9.89. The van der Waals surface area contributed by atoms with E-state index in [4.69, 9.17) is 9.97 Å². The number of hydrogen-bond acceptors (Lipinski definition) is 4. The lowest BCUT2D eigenvalue weighted by Crippen LogP contribution is -2.35. The van der Waals surface area contributed by atoms with Gasteiger partial charge in [-0.1, -0.05) is 115 Å². The van der Waals surface area contributed by atoms with Gasteiger partial charge in [0.05, 0.1) is 28.9 Å². The van der Waals surface area contributed by atoms with Crippen molar-refractivity contribution in [3.63, 3.8) is 0 Å². The highest BCUT2D eigenvalue weighted by Crippen LogP contribution is 2.43. The summed E-state index contributed by atoms with van der Waals surface area (Å²) in [5.74, 6) is 0.714. The van der Waals surface area contributed by atoms with Crippen LogP contribution in [0.4, 0.5) is 11.4 Å². The van der Waals surface area contributed by atoms with E-state index in [0.717, 1.165) is 28.1 Å². The van der Waals surface area contributed by atoms with Crippen molar-refractivity contribution in [1.82, 2.24) is 9.97 Å². The van der Waals surface area contributed by atoms with Crippen LogP contribution in [0.3, 0.4) is 0 Å². The molecule has 1 atom stereocenters. The Hall–Kier alpha value is -6.26. The molecule has 0 amide bonds. The fourth-order valence-corrected chi connectivity index (χ4v) is 7.40. The summed E-state index contributed by atoms with van der Waals surface area (Å²) < 4.78 is 0. The van der Waals surface area contributed by atoms with E-state index in [1.165, 1.54) is 55.2 Å². The minimum absolute atomic E-state index is 0.313. The van der Waals surface area contributed by atoms with Crippen molar-refractivity contribution >= 4 is 32.9 Å². The smallest absolute Gasteiger partial charge is 0.160 e. The lowest BCUT2D eigenvalue weighted by molar-refractivity contribution is 0.710. The quantitative estimate of drug-likeness (QED) is 0.187. The molecule has 0 saturated carbocycles. The Morgan fingerprint density at radius 1 is 0.420 bits per heavy atom. The van der Waals surface area contributed by atoms with Crippen LogP contribution in [0.5, 0.6) is 0 Å². The highest BCUT2D eigenvalue weighted by Gasteiger charge is 2.28. The topological polar surface area (TPSA) is 32.3 Å². The first-order valence-electron chi connectivity index (χ1n) is 17.2. The van der Waals surface area contributed by atoms with Gasteiger partial charge in [0.1, 0.15) is 0 Å². The van der Waals surface area contributed by atoms with Gasteiger partial charge in [0.15, 0.2) is 5.82 Å². The van der Waals surface area contributed by atoms with Crippen LogP contribution in [0.2, 0.25) is 0 Å². The number of nitrogens with zero attached hydrogens (tertiary/aromatic N) is 4. The largest absolute Gasteiger partial charge is 0.353 e. The molecule has 0 spiro atoms. The Balaban J connectivity index is 1.27. The molecule has 1 aliphatic heterocycles. The molecule has 1 aliphatic rings. The van der Waals surface area contributed by atoms with E-state index in [-0.39, 0.29) is 0 Å². The average Bonchev–Trinajstić information content (AvgIpc) is 3.40. The predicted octanol–water partition coefficient (Wildman–Crippen LogP) is 11.3. The summed E-state index contributed by atoms with van der Waals surface area (Å²) in [6, 6.07) is 56.4. The van der Waals surface area contributed by atoms with Crippen LogP contribution >= 0.6 is 0 Å². The van der Waals surface area contributed by atoms with Gasteiger partial charge in [-0.15, -0.1) is 0 Å². The molecule has 7 aromatic carbocycles. The Morgan fingerprint density at radius 2 is 0.940 bits per heavy atom. The Labute approximate surface area is 292 Å². The molecule has 4 nitrogen and oxygen atoms in total. The predicted molar refractivity (Wildman–Crippen MR) is 210 cm³/mol. The molecule has 1 aromatic heterocycles. The summed E-state index contributed by atoms with van der Waals surface area (Å²) in [7, 11) is 4.35. The van der Waals surface area contributed by atoms with E-state index in [2.05, 4.69) is 164 Å². The highest BCUT2D eigenvalue weighted by atomic mass is 15.4. The summed E-state index contributed by atoms with van der Waals surface area (Å²) >= 11 is 0. The van der Waals surface area contributed by atoms with E-state index in [1.807, 2.05) is 24.3 Å². The van der Waals surface area contributed by atoms with E-state index in [0.29, 0.717) is 12.0 Å². The van der Waals surface area contributed by atoms with Gasteiger partial charge in [-0.05, 0) is 93.2 Å². The molecular formula is C46H36N4. The SMILES string of the molecule is CC1N(C)c2ccc(-c3cc(-c4cc(-c5cc(-c6ccccc6)nc(-c6ccccc6)n5)cc5ccccc45)c4ccccc4c3)cc2N1C. The normalized spacial score (nSPS) is 14.0. The molecule has 50 heavy (non-hydrogen) atoms. The number of hydrogen-bond donors (Lipinski definition) is 0. The summed E-state index contributed by atoms with van der Waals surface area (Å²) in [5, 5.41) is 4.83. The number of aromatic nitrogens is 2. The Bertz CT molecular complexity index is 2480. The number of fused-ring (bicyclic) bond motifs is 3. The van der Waals surface area contributed by atoms with Gasteiger partial charge in [-0.25, -0.2) is 9.97 Å². The minimum atomic E-state index is 0.313. The Morgan fingerprint density at radius 3 is 1.60 bits per heavy atom. The zero-order valence-electron chi connectivity index (χ0n) is 28.4. The number of anilines is 2. The van der Waals surface area contributed by atoms with Crippen molar-refractivity contribution < 1.29 is 0 Å². The van der Waals surface area contributed by atoms with Crippen LogP contribution in [-0.4, -0.2) is 30.2 Å². The number of benzene rings is 7. The van der Waals surface area contributed by atoms with Crippen molar-refractivity contribution in [2.75, 3.05) is 23.9 Å². The van der Waals surface area contributed by atoms with Gasteiger partial charge < -0.3 is 9.80 Å². The maximum Gasteiger partial charge on any atom is 0.160 e. The van der Waals surface area contributed by atoms with Crippen LogP contribution < -0.4 is 9.80 Å². The van der Waals surface area contributed by atoms with Gasteiger partial charge in [-0.3, -0.25) is 0 Å². The van der Waals surface area contributed by atoms with Crippen LogP contribution in [-0.2, 0) is 0 Å². The third kappa shape index (κ3) is 5.08. The van der Waals surface area contributed by atoms with Gasteiger partial charge in [0.25, 0.3) is 0 Å². The first kappa shape index (κ1) is 29.8. The summed E-state index contributed by atoms with van der Waals surface area (Å²) in [5.41, 5.74) is 12.2. The van der Waals surface area contributed by atoms with Gasteiger partial charge in [0, 0.05) is 30.8 Å². The second-order valence-electron chi connectivity index (χ2n) is 13.2. The van der Waals surface area contributed by atoms with E-state index in [9.17, 15) is 0 Å². The van der Waals surface area contributed by atoms with Crippen LogP contribution in [0.15, 0.2) is 158 Å². The molecular weight excluding hydrogens is 609 g/mol. The van der Waals surface area contributed by atoms with Gasteiger partial charge in [0.2, 0.25) is 0 Å². The second-order valence-corrected chi connectivity index (χ2v) is 13.2. The molecule has 240 valence electrons. The molecule has 1 unspecified atom stereocenters. The first-order valence-corrected chi connectivity index (χ1v) is 17.2.